The van der Waals surface area contributed by atoms with E-state index in [1.54, 1.807) is 4.90 Å². The highest BCUT2D eigenvalue weighted by Gasteiger charge is 2.31. The van der Waals surface area contributed by atoms with E-state index in [1.807, 2.05) is 31.2 Å². The molecule has 0 aromatic heterocycles. The molecule has 2 aromatic rings. The number of piperazine rings is 1. The molecular formula is C21H23BrN2O3. The maximum atomic E-state index is 12.0. The standard InChI is InChI=1S/C21H23BrN2O3/c1-2-26-21(25)24-11-9-23(10-12-24)18-14-15-13-16(22)7-8-19(15)27-20-6-4-3-5-17(18)20/h3-8,13,18H,2,9-12,14H2,1H3. The molecule has 0 bridgehead atoms. The van der Waals surface area contributed by atoms with Crippen molar-refractivity contribution in [1.29, 1.82) is 0 Å². The average Bonchev–Trinajstić information content (AvgIpc) is 2.85. The number of rotatable bonds is 2. The van der Waals surface area contributed by atoms with Crippen molar-refractivity contribution < 1.29 is 14.3 Å². The van der Waals surface area contributed by atoms with Crippen LogP contribution in [0.3, 0.4) is 0 Å². The van der Waals surface area contributed by atoms with Crippen molar-refractivity contribution in [2.75, 3.05) is 32.8 Å². The van der Waals surface area contributed by atoms with Crippen LogP contribution in [0, 0.1) is 0 Å². The van der Waals surface area contributed by atoms with Crippen LogP contribution < -0.4 is 4.74 Å². The van der Waals surface area contributed by atoms with Gasteiger partial charge in [-0.3, -0.25) is 4.90 Å². The first-order valence-electron chi connectivity index (χ1n) is 9.36. The lowest BCUT2D eigenvalue weighted by Gasteiger charge is -2.38. The number of carbonyl (C=O) groups excluding carboxylic acids is 1. The molecule has 2 aliphatic heterocycles. The summed E-state index contributed by atoms with van der Waals surface area (Å²) in [6.07, 6.45) is 0.668. The molecule has 27 heavy (non-hydrogen) atoms. The molecule has 2 heterocycles. The SMILES string of the molecule is CCOC(=O)N1CCN(C2Cc3cc(Br)ccc3Oc3ccccc32)CC1. The fourth-order valence-electron chi connectivity index (χ4n) is 3.85. The zero-order chi connectivity index (χ0) is 18.8. The summed E-state index contributed by atoms with van der Waals surface area (Å²) in [7, 11) is 0. The van der Waals surface area contributed by atoms with Gasteiger partial charge in [0.15, 0.2) is 0 Å². The van der Waals surface area contributed by atoms with Gasteiger partial charge >= 0.3 is 6.09 Å². The molecule has 2 aromatic carbocycles. The molecule has 5 nitrogen and oxygen atoms in total. The molecule has 142 valence electrons. The second kappa shape index (κ2) is 7.90. The molecule has 1 amide bonds. The summed E-state index contributed by atoms with van der Waals surface area (Å²) in [5, 5.41) is 0. The Morgan fingerprint density at radius 2 is 1.93 bits per heavy atom. The molecule has 1 atom stereocenters. The fraction of sp³-hybridized carbons (Fsp3) is 0.381. The first-order chi connectivity index (χ1) is 13.2. The highest BCUT2D eigenvalue weighted by Crippen LogP contribution is 2.41. The molecular weight excluding hydrogens is 408 g/mol. The van der Waals surface area contributed by atoms with Gasteiger partial charge in [0.1, 0.15) is 11.5 Å². The van der Waals surface area contributed by atoms with Crippen molar-refractivity contribution in [2.24, 2.45) is 0 Å². The van der Waals surface area contributed by atoms with Crippen LogP contribution in [0.15, 0.2) is 46.9 Å². The number of benzene rings is 2. The number of para-hydroxylation sites is 1. The third-order valence-corrected chi connectivity index (χ3v) is 5.71. The fourth-order valence-corrected chi connectivity index (χ4v) is 4.26. The van der Waals surface area contributed by atoms with Gasteiger partial charge in [-0.15, -0.1) is 0 Å². The van der Waals surface area contributed by atoms with Gasteiger partial charge < -0.3 is 14.4 Å². The number of carbonyl (C=O) groups is 1. The Balaban J connectivity index is 1.59. The van der Waals surface area contributed by atoms with Gasteiger partial charge in [-0.2, -0.15) is 0 Å². The van der Waals surface area contributed by atoms with Gasteiger partial charge in [0.2, 0.25) is 0 Å². The minimum absolute atomic E-state index is 0.212. The van der Waals surface area contributed by atoms with E-state index in [0.717, 1.165) is 35.5 Å². The molecule has 0 N–H and O–H groups in total. The monoisotopic (exact) mass is 430 g/mol. The molecule has 0 saturated carbocycles. The number of ether oxygens (including phenoxy) is 2. The van der Waals surface area contributed by atoms with Crippen LogP contribution in [-0.2, 0) is 11.2 Å². The Labute approximate surface area is 168 Å². The minimum atomic E-state index is -0.212. The number of hydrogen-bond acceptors (Lipinski definition) is 4. The lowest BCUT2D eigenvalue weighted by atomic mass is 9.96. The van der Waals surface area contributed by atoms with Crippen molar-refractivity contribution in [3.8, 4) is 11.5 Å². The van der Waals surface area contributed by atoms with Gasteiger partial charge in [0.25, 0.3) is 0 Å². The van der Waals surface area contributed by atoms with E-state index in [0.29, 0.717) is 19.7 Å². The van der Waals surface area contributed by atoms with Crippen LogP contribution >= 0.6 is 15.9 Å². The second-order valence-corrected chi connectivity index (χ2v) is 7.75. The predicted octanol–water partition coefficient (Wildman–Crippen LogP) is 4.61. The van der Waals surface area contributed by atoms with Gasteiger partial charge in [0.05, 0.1) is 6.61 Å². The average molecular weight is 431 g/mol. The van der Waals surface area contributed by atoms with Crippen molar-refractivity contribution >= 4 is 22.0 Å². The Bertz CT molecular complexity index is 834. The van der Waals surface area contributed by atoms with E-state index in [2.05, 4.69) is 39.0 Å². The van der Waals surface area contributed by atoms with Gasteiger partial charge in [0, 0.05) is 42.3 Å². The molecule has 2 aliphatic rings. The lowest BCUT2D eigenvalue weighted by Crippen LogP contribution is -2.50. The topological polar surface area (TPSA) is 42.0 Å². The predicted molar refractivity (Wildman–Crippen MR) is 107 cm³/mol. The highest BCUT2D eigenvalue weighted by molar-refractivity contribution is 9.10. The van der Waals surface area contributed by atoms with Crippen molar-refractivity contribution in [3.05, 3.63) is 58.1 Å². The summed E-state index contributed by atoms with van der Waals surface area (Å²) in [5.41, 5.74) is 2.40. The third kappa shape index (κ3) is 3.82. The van der Waals surface area contributed by atoms with Crippen LogP contribution in [0.5, 0.6) is 11.5 Å². The molecule has 0 spiro atoms. The van der Waals surface area contributed by atoms with Crippen molar-refractivity contribution in [2.45, 2.75) is 19.4 Å². The normalized spacial score (nSPS) is 19.5. The molecule has 1 fully saturated rings. The first-order valence-corrected chi connectivity index (χ1v) is 10.2. The van der Waals surface area contributed by atoms with Gasteiger partial charge in [-0.25, -0.2) is 4.79 Å². The Morgan fingerprint density at radius 3 is 2.70 bits per heavy atom. The number of amides is 1. The minimum Gasteiger partial charge on any atom is -0.457 e. The Hall–Kier alpha value is -2.05. The largest absolute Gasteiger partial charge is 0.457 e. The molecule has 1 saturated heterocycles. The summed E-state index contributed by atoms with van der Waals surface area (Å²) < 4.78 is 12.4. The number of halogens is 1. The van der Waals surface area contributed by atoms with Crippen LogP contribution in [0.25, 0.3) is 0 Å². The number of hydrogen-bond donors (Lipinski definition) is 0. The van der Waals surface area contributed by atoms with E-state index in [4.69, 9.17) is 9.47 Å². The molecule has 4 rings (SSSR count). The van der Waals surface area contributed by atoms with Gasteiger partial charge in [-0.1, -0.05) is 34.1 Å². The van der Waals surface area contributed by atoms with Gasteiger partial charge in [-0.05, 0) is 43.2 Å². The maximum absolute atomic E-state index is 12.0. The Kier molecular flexibility index (Phi) is 5.36. The smallest absolute Gasteiger partial charge is 0.409 e. The van der Waals surface area contributed by atoms with Crippen molar-refractivity contribution in [3.63, 3.8) is 0 Å². The zero-order valence-electron chi connectivity index (χ0n) is 15.4. The molecule has 1 unspecified atom stereocenters. The summed E-state index contributed by atoms with van der Waals surface area (Å²) >= 11 is 3.58. The molecule has 0 aliphatic carbocycles. The zero-order valence-corrected chi connectivity index (χ0v) is 16.9. The van der Waals surface area contributed by atoms with Crippen LogP contribution in [0.2, 0.25) is 0 Å². The van der Waals surface area contributed by atoms with Crippen LogP contribution in [0.4, 0.5) is 4.79 Å². The first kappa shape index (κ1) is 18.3. The van der Waals surface area contributed by atoms with E-state index < -0.39 is 0 Å². The third-order valence-electron chi connectivity index (χ3n) is 5.21. The van der Waals surface area contributed by atoms with E-state index >= 15 is 0 Å². The summed E-state index contributed by atoms with van der Waals surface area (Å²) in [5.74, 6) is 1.83. The van der Waals surface area contributed by atoms with Crippen molar-refractivity contribution in [1.82, 2.24) is 9.80 Å². The van der Waals surface area contributed by atoms with Crippen LogP contribution in [-0.4, -0.2) is 48.7 Å². The summed E-state index contributed by atoms with van der Waals surface area (Å²) in [4.78, 5) is 16.2. The Morgan fingerprint density at radius 1 is 1.15 bits per heavy atom. The maximum Gasteiger partial charge on any atom is 0.409 e. The van der Waals surface area contributed by atoms with E-state index in [9.17, 15) is 4.79 Å². The lowest BCUT2D eigenvalue weighted by molar-refractivity contribution is 0.0657. The second-order valence-electron chi connectivity index (χ2n) is 6.83. The quantitative estimate of drug-likeness (QED) is 0.697. The van der Waals surface area contributed by atoms with Crippen LogP contribution in [0.1, 0.15) is 24.1 Å². The molecule has 0 radical (unpaired) electrons. The summed E-state index contributed by atoms with van der Waals surface area (Å²) in [6, 6.07) is 14.7. The number of fused-ring (bicyclic) bond motifs is 2. The van der Waals surface area contributed by atoms with E-state index in [1.165, 1.54) is 11.1 Å². The highest BCUT2D eigenvalue weighted by atomic mass is 79.9. The summed E-state index contributed by atoms with van der Waals surface area (Å²) in [6.45, 7) is 5.26. The number of nitrogens with zero attached hydrogens (tertiary/aromatic N) is 2. The molecule has 6 heteroatoms. The van der Waals surface area contributed by atoms with E-state index in [-0.39, 0.29) is 12.1 Å².